The molecule has 2 aromatic carbocycles. The molecule has 1 fully saturated rings. The molecule has 2 heterocycles. The van der Waals surface area contributed by atoms with Gasteiger partial charge in [0.15, 0.2) is 9.84 Å². The number of alkyl halides is 4. The molecule has 3 aromatic rings. The van der Waals surface area contributed by atoms with Gasteiger partial charge < -0.3 is 29.8 Å². The van der Waals surface area contributed by atoms with E-state index in [1.807, 2.05) is 4.90 Å². The Kier molecular flexibility index (Phi) is 10.7. The molecular weight excluding hydrogens is 604 g/mol. The molecule has 0 bridgehead atoms. The monoisotopic (exact) mass is 640 g/mol. The Labute approximate surface area is 254 Å². The van der Waals surface area contributed by atoms with Crippen LogP contribution in [0.15, 0.2) is 47.4 Å². The maximum absolute atomic E-state index is 15.2. The Hall–Kier alpha value is -3.51. The number of aromatic nitrogens is 1. The number of halogens is 4. The number of aliphatic hydroxyl groups is 1. The van der Waals surface area contributed by atoms with Crippen molar-refractivity contribution in [3.63, 3.8) is 0 Å². The molecule has 1 aromatic heterocycles. The van der Waals surface area contributed by atoms with Crippen LogP contribution in [0, 0.1) is 11.8 Å². The highest BCUT2D eigenvalue weighted by Crippen LogP contribution is 2.32. The average molecular weight is 641 g/mol. The van der Waals surface area contributed by atoms with E-state index in [9.17, 15) is 26.7 Å². The molecule has 0 amide bonds. The standard InChI is InChI=1S/C30H36F4N4O5S/c1-42-18-21(39)16-37-13-11-26(24(31)17-37)36-25-7-4-8-28-23(25)14-20(38(28)19-30(32,33)34)6-5-12-35-27-10-9-22(44(3,40)41)15-29(27)43-2/h4,7-10,14-15,21,24,26,35-36,39H,11-13,16-19H2,1-3H3/t21-,24-,26-/m1/s1. The van der Waals surface area contributed by atoms with Crippen LogP contribution in [-0.2, 0) is 21.1 Å². The summed E-state index contributed by atoms with van der Waals surface area (Å²) in [5.41, 5.74) is 1.40. The number of likely N-dealkylation sites (tertiary alicyclic amines) is 1. The van der Waals surface area contributed by atoms with Gasteiger partial charge in [0, 0.05) is 50.1 Å². The van der Waals surface area contributed by atoms with Crippen LogP contribution in [0.4, 0.5) is 28.9 Å². The minimum absolute atomic E-state index is 0.0361. The van der Waals surface area contributed by atoms with Crippen LogP contribution < -0.4 is 15.4 Å². The first-order valence-electron chi connectivity index (χ1n) is 13.9. The number of rotatable bonds is 11. The zero-order chi connectivity index (χ0) is 32.1. The lowest BCUT2D eigenvalue weighted by molar-refractivity contribution is -0.140. The van der Waals surface area contributed by atoms with Crippen LogP contribution in [-0.4, -0.2) is 101 Å². The predicted octanol–water partition coefficient (Wildman–Crippen LogP) is 3.91. The van der Waals surface area contributed by atoms with E-state index in [0.717, 1.165) is 10.8 Å². The number of aliphatic hydroxyl groups excluding tert-OH is 1. The third-order valence-corrected chi connectivity index (χ3v) is 8.37. The van der Waals surface area contributed by atoms with E-state index in [4.69, 9.17) is 9.47 Å². The summed E-state index contributed by atoms with van der Waals surface area (Å²) in [4.78, 5) is 1.90. The maximum atomic E-state index is 15.2. The van der Waals surface area contributed by atoms with Gasteiger partial charge in [-0.1, -0.05) is 12.0 Å². The number of nitrogens with one attached hydrogen (secondary N) is 2. The molecule has 0 radical (unpaired) electrons. The van der Waals surface area contributed by atoms with Crippen LogP contribution >= 0.6 is 0 Å². The SMILES string of the molecule is COC[C@H](O)CN1CC[C@@H](Nc2cccc3c2cc(C#CCNc2ccc(S(C)(=O)=O)cc2OC)n3CC(F)(F)F)[C@H](F)C1. The highest BCUT2D eigenvalue weighted by atomic mass is 32.2. The number of β-amino-alcohol motifs (C(OH)–C–C–N with tert-alkyl or cyclic N) is 1. The molecule has 0 unspecified atom stereocenters. The van der Waals surface area contributed by atoms with Crippen molar-refractivity contribution in [2.24, 2.45) is 0 Å². The van der Waals surface area contributed by atoms with E-state index in [0.29, 0.717) is 35.2 Å². The molecule has 1 saturated heterocycles. The first kappa shape index (κ1) is 33.4. The van der Waals surface area contributed by atoms with Crippen molar-refractivity contribution in [2.45, 2.75) is 42.4 Å². The Bertz CT molecular complexity index is 1620. The molecule has 1 aliphatic heterocycles. The van der Waals surface area contributed by atoms with E-state index < -0.39 is 40.9 Å². The quantitative estimate of drug-likeness (QED) is 0.214. The van der Waals surface area contributed by atoms with Gasteiger partial charge in [0.2, 0.25) is 0 Å². The van der Waals surface area contributed by atoms with E-state index in [2.05, 4.69) is 22.5 Å². The lowest BCUT2D eigenvalue weighted by atomic mass is 10.0. The van der Waals surface area contributed by atoms with Crippen LogP contribution in [0.2, 0.25) is 0 Å². The summed E-state index contributed by atoms with van der Waals surface area (Å²) < 4.78 is 90.9. The fourth-order valence-electron chi connectivity index (χ4n) is 5.22. The molecule has 4 rings (SSSR count). The number of methoxy groups -OCH3 is 2. The lowest BCUT2D eigenvalue weighted by Crippen LogP contribution is -2.50. The number of piperidine rings is 1. The van der Waals surface area contributed by atoms with E-state index in [-0.39, 0.29) is 42.6 Å². The van der Waals surface area contributed by atoms with Crippen molar-refractivity contribution in [1.29, 1.82) is 0 Å². The topological polar surface area (TPSA) is 105 Å². The largest absolute Gasteiger partial charge is 0.495 e. The number of fused-ring (bicyclic) bond motifs is 1. The molecule has 3 atom stereocenters. The minimum atomic E-state index is -4.51. The fraction of sp³-hybridized carbons (Fsp3) is 0.467. The van der Waals surface area contributed by atoms with Gasteiger partial charge in [0.25, 0.3) is 0 Å². The molecule has 0 spiro atoms. The zero-order valence-electron chi connectivity index (χ0n) is 24.6. The number of hydrogen-bond acceptors (Lipinski definition) is 8. The number of hydrogen-bond donors (Lipinski definition) is 3. The number of nitrogens with zero attached hydrogens (tertiary/aromatic N) is 2. The molecule has 0 saturated carbocycles. The second-order valence-corrected chi connectivity index (χ2v) is 12.7. The number of sulfone groups is 1. The van der Waals surface area contributed by atoms with Crippen LogP contribution in [0.25, 0.3) is 10.9 Å². The van der Waals surface area contributed by atoms with Gasteiger partial charge in [-0.05, 0) is 42.7 Å². The number of anilines is 2. The van der Waals surface area contributed by atoms with Crippen molar-refractivity contribution in [2.75, 3.05) is 63.9 Å². The van der Waals surface area contributed by atoms with Gasteiger partial charge in [-0.3, -0.25) is 4.90 Å². The van der Waals surface area contributed by atoms with Gasteiger partial charge in [0.05, 0.1) is 54.2 Å². The molecule has 1 aliphatic rings. The normalized spacial score (nSPS) is 18.5. The van der Waals surface area contributed by atoms with Crippen LogP contribution in [0.3, 0.4) is 0 Å². The minimum Gasteiger partial charge on any atom is -0.495 e. The summed E-state index contributed by atoms with van der Waals surface area (Å²) >= 11 is 0. The number of ether oxygens (including phenoxy) is 2. The fourth-order valence-corrected chi connectivity index (χ4v) is 5.86. The summed E-state index contributed by atoms with van der Waals surface area (Å²) in [5.74, 6) is 5.92. The van der Waals surface area contributed by atoms with Crippen molar-refractivity contribution >= 4 is 32.1 Å². The molecule has 9 nitrogen and oxygen atoms in total. The van der Waals surface area contributed by atoms with Crippen LogP contribution in [0.5, 0.6) is 5.75 Å². The summed E-state index contributed by atoms with van der Waals surface area (Å²) in [6.07, 6.45) is -4.98. The van der Waals surface area contributed by atoms with Gasteiger partial charge >= 0.3 is 6.18 Å². The second-order valence-electron chi connectivity index (χ2n) is 10.7. The highest BCUT2D eigenvalue weighted by Gasteiger charge is 2.32. The van der Waals surface area contributed by atoms with E-state index in [1.165, 1.54) is 32.4 Å². The van der Waals surface area contributed by atoms with Gasteiger partial charge in [-0.2, -0.15) is 13.2 Å². The van der Waals surface area contributed by atoms with Crippen LogP contribution in [0.1, 0.15) is 12.1 Å². The Morgan fingerprint density at radius 2 is 1.93 bits per heavy atom. The first-order chi connectivity index (χ1) is 20.8. The third-order valence-electron chi connectivity index (χ3n) is 7.26. The summed E-state index contributed by atoms with van der Waals surface area (Å²) in [5, 5.41) is 16.7. The summed E-state index contributed by atoms with van der Waals surface area (Å²) in [6.45, 7) is -0.141. The molecular formula is C30H36F4N4O5S. The van der Waals surface area contributed by atoms with E-state index in [1.54, 1.807) is 24.3 Å². The van der Waals surface area contributed by atoms with Gasteiger partial charge in [-0.15, -0.1) is 0 Å². The highest BCUT2D eigenvalue weighted by molar-refractivity contribution is 7.90. The molecule has 44 heavy (non-hydrogen) atoms. The molecule has 14 heteroatoms. The van der Waals surface area contributed by atoms with Crippen molar-refractivity contribution in [1.82, 2.24) is 9.47 Å². The van der Waals surface area contributed by atoms with Crippen molar-refractivity contribution in [3.8, 4) is 17.6 Å². The Balaban J connectivity index is 1.54. The lowest BCUT2D eigenvalue weighted by Gasteiger charge is -2.36. The second kappa shape index (κ2) is 14.1. The van der Waals surface area contributed by atoms with Gasteiger partial charge in [0.1, 0.15) is 18.5 Å². The Morgan fingerprint density at radius 1 is 1.16 bits per heavy atom. The molecule has 240 valence electrons. The smallest absolute Gasteiger partial charge is 0.406 e. The Morgan fingerprint density at radius 3 is 2.59 bits per heavy atom. The zero-order valence-corrected chi connectivity index (χ0v) is 25.4. The third kappa shape index (κ3) is 8.56. The molecule has 0 aliphatic carbocycles. The van der Waals surface area contributed by atoms with Gasteiger partial charge in [-0.25, -0.2) is 12.8 Å². The predicted molar refractivity (Wildman–Crippen MR) is 161 cm³/mol. The number of benzene rings is 2. The molecule has 3 N–H and O–H groups in total. The average Bonchev–Trinajstić information content (AvgIpc) is 3.28. The van der Waals surface area contributed by atoms with Crippen molar-refractivity contribution in [3.05, 3.63) is 48.2 Å². The summed E-state index contributed by atoms with van der Waals surface area (Å²) in [7, 11) is -0.571. The maximum Gasteiger partial charge on any atom is 0.406 e. The van der Waals surface area contributed by atoms with Crippen molar-refractivity contribution < 1.29 is 40.6 Å². The first-order valence-corrected chi connectivity index (χ1v) is 15.8. The van der Waals surface area contributed by atoms with E-state index >= 15 is 4.39 Å². The summed E-state index contributed by atoms with van der Waals surface area (Å²) in [6, 6.07) is 10.2.